The van der Waals surface area contributed by atoms with E-state index in [0.717, 1.165) is 18.9 Å². The van der Waals surface area contributed by atoms with Gasteiger partial charge >= 0.3 is 6.18 Å². The summed E-state index contributed by atoms with van der Waals surface area (Å²) >= 11 is 0. The molecule has 0 spiro atoms. The zero-order valence-electron chi connectivity index (χ0n) is 14.1. The summed E-state index contributed by atoms with van der Waals surface area (Å²) in [6.45, 7) is 1.03. The second-order valence-electron chi connectivity index (χ2n) is 6.44. The van der Waals surface area contributed by atoms with Crippen LogP contribution >= 0.6 is 0 Å². The number of halogens is 3. The van der Waals surface area contributed by atoms with Gasteiger partial charge in [0, 0.05) is 24.7 Å². The van der Waals surface area contributed by atoms with Crippen LogP contribution in [0, 0.1) is 0 Å². The number of hydrogen-bond acceptors (Lipinski definition) is 3. The third-order valence-corrected chi connectivity index (χ3v) is 6.62. The molecule has 0 atom stereocenters. The first-order valence-electron chi connectivity index (χ1n) is 8.42. The number of aromatic amines is 1. The molecule has 1 aliphatic rings. The lowest BCUT2D eigenvalue weighted by atomic mass is 10.0. The van der Waals surface area contributed by atoms with Crippen molar-refractivity contribution in [2.75, 3.05) is 13.1 Å². The zero-order valence-corrected chi connectivity index (χ0v) is 14.9. The number of alkyl halides is 3. The Balaban J connectivity index is 0.00000225. The lowest BCUT2D eigenvalue weighted by Crippen LogP contribution is -2.27. The van der Waals surface area contributed by atoms with E-state index < -0.39 is 21.9 Å². The third-order valence-electron chi connectivity index (χ3n) is 4.71. The number of nitrogens with zero attached hydrogens (tertiary/aromatic N) is 2. The van der Waals surface area contributed by atoms with Crippen molar-refractivity contribution in [2.24, 2.45) is 0 Å². The molecule has 1 fully saturated rings. The van der Waals surface area contributed by atoms with Gasteiger partial charge in [-0.15, -0.1) is 0 Å². The van der Waals surface area contributed by atoms with Crippen molar-refractivity contribution >= 4 is 21.1 Å². The quantitative estimate of drug-likeness (QED) is 0.681. The smallest absolute Gasteiger partial charge is 0.336 e. The van der Waals surface area contributed by atoms with Crippen LogP contribution in [0.25, 0.3) is 22.2 Å². The summed E-state index contributed by atoms with van der Waals surface area (Å²) in [6, 6.07) is 8.84. The molecule has 1 N–H and O–H groups in total. The van der Waals surface area contributed by atoms with E-state index >= 15 is 0 Å². The van der Waals surface area contributed by atoms with Gasteiger partial charge in [0.25, 0.3) is 0 Å². The van der Waals surface area contributed by atoms with E-state index in [2.05, 4.69) is 9.97 Å². The van der Waals surface area contributed by atoms with Crippen molar-refractivity contribution in [3.63, 3.8) is 0 Å². The number of H-pyrrole nitrogens is 1. The third kappa shape index (κ3) is 3.51. The standard InChI is InChI=1S/C18H16F3N3O2S.CH4/c19-18(20,21)16-11-15-14(7-8-22-17(15)23-16)12-3-5-13(6-4-12)27(25,26)24-9-1-2-10-24;/h3-8,11H,1-2,9-10H2,(H,22,23);1H4. The van der Waals surface area contributed by atoms with Crippen molar-refractivity contribution in [3.8, 4) is 11.1 Å². The second-order valence-corrected chi connectivity index (χ2v) is 8.38. The highest BCUT2D eigenvalue weighted by atomic mass is 32.2. The number of hydrogen-bond donors (Lipinski definition) is 1. The Labute approximate surface area is 161 Å². The van der Waals surface area contributed by atoms with Crippen LogP contribution in [0.15, 0.2) is 47.5 Å². The fourth-order valence-electron chi connectivity index (χ4n) is 3.32. The average molecular weight is 411 g/mol. The van der Waals surface area contributed by atoms with Crippen molar-refractivity contribution in [1.29, 1.82) is 0 Å². The van der Waals surface area contributed by atoms with Crippen molar-refractivity contribution in [2.45, 2.75) is 31.3 Å². The van der Waals surface area contributed by atoms with Crippen LogP contribution in [0.1, 0.15) is 26.0 Å². The number of sulfonamides is 1. The van der Waals surface area contributed by atoms with E-state index in [0.29, 0.717) is 29.6 Å². The van der Waals surface area contributed by atoms with Gasteiger partial charge < -0.3 is 4.98 Å². The molecule has 3 aromatic rings. The maximum absolute atomic E-state index is 13.0. The van der Waals surface area contributed by atoms with E-state index in [9.17, 15) is 21.6 Å². The van der Waals surface area contributed by atoms with Crippen molar-refractivity contribution in [1.82, 2.24) is 14.3 Å². The molecule has 4 rings (SSSR count). The fourth-order valence-corrected chi connectivity index (χ4v) is 4.83. The molecule has 5 nitrogen and oxygen atoms in total. The number of nitrogens with one attached hydrogen (secondary N) is 1. The van der Waals surface area contributed by atoms with Gasteiger partial charge in [-0.1, -0.05) is 19.6 Å². The molecular weight excluding hydrogens is 391 g/mol. The molecule has 3 heterocycles. The van der Waals surface area contributed by atoms with Crippen LogP contribution in [0.4, 0.5) is 13.2 Å². The molecule has 2 aromatic heterocycles. The Kier molecular flexibility index (Phi) is 5.24. The maximum Gasteiger partial charge on any atom is 0.431 e. The van der Waals surface area contributed by atoms with Crippen molar-refractivity contribution < 1.29 is 21.6 Å². The SMILES string of the molecule is C.O=S(=O)(c1ccc(-c2ccnc3[nH]c(C(F)(F)F)cc23)cc1)N1CCCC1. The van der Waals surface area contributed by atoms with Gasteiger partial charge in [0.15, 0.2) is 0 Å². The minimum atomic E-state index is -4.49. The van der Waals surface area contributed by atoms with Crippen LogP contribution < -0.4 is 0 Å². The first-order chi connectivity index (χ1) is 12.8. The highest BCUT2D eigenvalue weighted by Crippen LogP contribution is 2.35. The molecule has 28 heavy (non-hydrogen) atoms. The number of fused-ring (bicyclic) bond motifs is 1. The fraction of sp³-hybridized carbons (Fsp3) is 0.316. The van der Waals surface area contributed by atoms with Crippen LogP contribution in [0.5, 0.6) is 0 Å². The van der Waals surface area contributed by atoms with E-state index in [4.69, 9.17) is 0 Å². The lowest BCUT2D eigenvalue weighted by molar-refractivity contribution is -0.140. The molecule has 1 aromatic carbocycles. The van der Waals surface area contributed by atoms with Crippen LogP contribution in [-0.4, -0.2) is 35.8 Å². The van der Waals surface area contributed by atoms with Crippen molar-refractivity contribution in [3.05, 3.63) is 48.3 Å². The van der Waals surface area contributed by atoms with Gasteiger partial charge in [0.05, 0.1) is 4.90 Å². The lowest BCUT2D eigenvalue weighted by Gasteiger charge is -2.15. The Morgan fingerprint density at radius 3 is 2.29 bits per heavy atom. The van der Waals surface area contributed by atoms with E-state index in [1.54, 1.807) is 18.2 Å². The zero-order chi connectivity index (χ0) is 19.2. The molecule has 150 valence electrons. The van der Waals surface area contributed by atoms with Gasteiger partial charge in [0.2, 0.25) is 10.0 Å². The van der Waals surface area contributed by atoms with Gasteiger partial charge in [-0.05, 0) is 48.2 Å². The summed E-state index contributed by atoms with van der Waals surface area (Å²) in [5, 5.41) is 0.333. The van der Waals surface area contributed by atoms with Crippen LogP contribution in [0.3, 0.4) is 0 Å². The maximum atomic E-state index is 13.0. The van der Waals surface area contributed by atoms with Crippen LogP contribution in [0.2, 0.25) is 0 Å². The second kappa shape index (κ2) is 7.21. The first kappa shape index (κ1) is 20.3. The minimum absolute atomic E-state index is 0. The summed E-state index contributed by atoms with van der Waals surface area (Å²) in [7, 11) is -3.53. The molecule has 0 saturated carbocycles. The molecule has 0 radical (unpaired) electrons. The molecule has 9 heteroatoms. The van der Waals surface area contributed by atoms with Gasteiger partial charge in [0.1, 0.15) is 11.3 Å². The summed E-state index contributed by atoms with van der Waals surface area (Å²) in [6.07, 6.45) is -1.38. The van der Waals surface area contributed by atoms with Crippen LogP contribution in [-0.2, 0) is 16.2 Å². The molecule has 1 aliphatic heterocycles. The number of aromatic nitrogens is 2. The summed E-state index contributed by atoms with van der Waals surface area (Å²) in [5.41, 5.74) is 0.437. The van der Waals surface area contributed by atoms with E-state index in [1.165, 1.54) is 22.6 Å². The number of rotatable bonds is 3. The molecular formula is C19H20F3N3O2S. The summed E-state index contributed by atoms with van der Waals surface area (Å²) < 4.78 is 65.5. The van der Waals surface area contributed by atoms with Gasteiger partial charge in [-0.2, -0.15) is 17.5 Å². The Bertz CT molecular complexity index is 1080. The largest absolute Gasteiger partial charge is 0.431 e. The molecule has 0 bridgehead atoms. The first-order valence-corrected chi connectivity index (χ1v) is 9.86. The Hall–Kier alpha value is -2.39. The topological polar surface area (TPSA) is 66.1 Å². The summed E-state index contributed by atoms with van der Waals surface area (Å²) in [4.78, 5) is 6.42. The van der Waals surface area contributed by atoms with Gasteiger partial charge in [-0.3, -0.25) is 0 Å². The average Bonchev–Trinajstić information content (AvgIpc) is 3.31. The monoisotopic (exact) mass is 411 g/mol. The van der Waals surface area contributed by atoms with E-state index in [-0.39, 0.29) is 18.0 Å². The number of benzene rings is 1. The van der Waals surface area contributed by atoms with E-state index in [1.807, 2.05) is 0 Å². The molecule has 0 amide bonds. The predicted molar refractivity (Wildman–Crippen MR) is 101 cm³/mol. The minimum Gasteiger partial charge on any atom is -0.336 e. The molecule has 0 aliphatic carbocycles. The normalized spacial score (nSPS) is 15.7. The molecule has 1 saturated heterocycles. The highest BCUT2D eigenvalue weighted by Gasteiger charge is 2.33. The Morgan fingerprint density at radius 2 is 1.68 bits per heavy atom. The van der Waals surface area contributed by atoms with Gasteiger partial charge in [-0.25, -0.2) is 13.4 Å². The predicted octanol–water partition coefficient (Wildman–Crippen LogP) is 4.67. The molecule has 0 unspecified atom stereocenters. The number of pyridine rings is 1. The Morgan fingerprint density at radius 1 is 1.04 bits per heavy atom. The highest BCUT2D eigenvalue weighted by molar-refractivity contribution is 7.89. The summed E-state index contributed by atoms with van der Waals surface area (Å²) in [5.74, 6) is 0.